The van der Waals surface area contributed by atoms with Gasteiger partial charge in [0.05, 0.1) is 13.2 Å². The first-order valence-corrected chi connectivity index (χ1v) is 5.35. The van der Waals surface area contributed by atoms with Crippen LogP contribution in [0.2, 0.25) is 0 Å². The molecule has 0 aliphatic carbocycles. The van der Waals surface area contributed by atoms with Gasteiger partial charge in [-0.15, -0.1) is 0 Å². The normalized spacial score (nSPS) is 16.5. The second-order valence-corrected chi connectivity index (χ2v) is 4.94. The third-order valence-electron chi connectivity index (χ3n) is 2.46. The Kier molecular flexibility index (Phi) is 2.80. The van der Waals surface area contributed by atoms with Crippen LogP contribution in [0.5, 0.6) is 0 Å². The first-order chi connectivity index (χ1) is 7.06. The summed E-state index contributed by atoms with van der Waals surface area (Å²) in [6, 6.07) is 0. The average molecular weight is 210 g/mol. The van der Waals surface area contributed by atoms with Crippen LogP contribution in [-0.2, 0) is 24.3 Å². The molecule has 2 rings (SSSR count). The number of hydrogen-bond donors (Lipinski definition) is 1. The van der Waals surface area contributed by atoms with E-state index in [0.717, 1.165) is 36.6 Å². The highest BCUT2D eigenvalue weighted by atomic mass is 16.5. The first kappa shape index (κ1) is 10.6. The van der Waals surface area contributed by atoms with Crippen LogP contribution in [0.15, 0.2) is 4.52 Å². The van der Waals surface area contributed by atoms with E-state index in [9.17, 15) is 0 Å². The molecule has 0 aromatic carbocycles. The van der Waals surface area contributed by atoms with Crippen LogP contribution >= 0.6 is 0 Å². The van der Waals surface area contributed by atoms with Crippen molar-refractivity contribution in [3.63, 3.8) is 0 Å². The summed E-state index contributed by atoms with van der Waals surface area (Å²) in [5.74, 6) is 0.993. The molecular formula is C11H18N2O2. The van der Waals surface area contributed by atoms with Gasteiger partial charge in [-0.2, -0.15) is 0 Å². The van der Waals surface area contributed by atoms with Crippen molar-refractivity contribution < 1.29 is 9.26 Å². The zero-order valence-corrected chi connectivity index (χ0v) is 9.59. The van der Waals surface area contributed by atoms with Gasteiger partial charge in [0.25, 0.3) is 0 Å². The maximum absolute atomic E-state index is 5.40. The molecule has 0 radical (unpaired) electrons. The Bertz CT molecular complexity index is 339. The van der Waals surface area contributed by atoms with Crippen molar-refractivity contribution in [1.82, 2.24) is 10.5 Å². The topological polar surface area (TPSA) is 47.3 Å². The van der Waals surface area contributed by atoms with Crippen molar-refractivity contribution in [3.8, 4) is 0 Å². The summed E-state index contributed by atoms with van der Waals surface area (Å²) in [5, 5.41) is 7.48. The van der Waals surface area contributed by atoms with Crippen LogP contribution in [0.4, 0.5) is 0 Å². The van der Waals surface area contributed by atoms with Crippen LogP contribution < -0.4 is 5.32 Å². The third kappa shape index (κ3) is 2.58. The number of aromatic nitrogens is 1. The summed E-state index contributed by atoms with van der Waals surface area (Å²) in [6.45, 7) is 8.53. The molecule has 15 heavy (non-hydrogen) atoms. The highest BCUT2D eigenvalue weighted by molar-refractivity contribution is 5.23. The Morgan fingerprint density at radius 1 is 1.40 bits per heavy atom. The molecule has 4 heteroatoms. The Morgan fingerprint density at radius 2 is 2.20 bits per heavy atom. The first-order valence-electron chi connectivity index (χ1n) is 5.35. The van der Waals surface area contributed by atoms with Crippen molar-refractivity contribution >= 4 is 0 Å². The van der Waals surface area contributed by atoms with Crippen molar-refractivity contribution in [2.45, 2.75) is 45.9 Å². The van der Waals surface area contributed by atoms with Crippen molar-refractivity contribution in [3.05, 3.63) is 17.0 Å². The number of fused-ring (bicyclic) bond motifs is 1. The molecule has 0 amide bonds. The molecule has 0 fully saturated rings. The predicted molar refractivity (Wildman–Crippen MR) is 56.5 cm³/mol. The minimum atomic E-state index is 0.0986. The molecule has 84 valence electrons. The van der Waals surface area contributed by atoms with Crippen LogP contribution in [0.3, 0.4) is 0 Å². The van der Waals surface area contributed by atoms with Crippen molar-refractivity contribution in [2.24, 2.45) is 0 Å². The fourth-order valence-corrected chi connectivity index (χ4v) is 1.57. The van der Waals surface area contributed by atoms with E-state index in [4.69, 9.17) is 9.26 Å². The maximum atomic E-state index is 5.40. The molecule has 1 N–H and O–H groups in total. The molecule has 1 aliphatic heterocycles. The zero-order chi connectivity index (χ0) is 10.9. The Labute approximate surface area is 90.0 Å². The van der Waals surface area contributed by atoms with E-state index in [1.807, 2.05) is 0 Å². The fourth-order valence-electron chi connectivity index (χ4n) is 1.57. The molecule has 0 unspecified atom stereocenters. The monoisotopic (exact) mass is 210 g/mol. The minimum absolute atomic E-state index is 0.0986. The summed E-state index contributed by atoms with van der Waals surface area (Å²) >= 11 is 0. The Morgan fingerprint density at radius 3 is 2.93 bits per heavy atom. The quantitative estimate of drug-likeness (QED) is 0.806. The number of rotatable bonds is 2. The van der Waals surface area contributed by atoms with Crippen molar-refractivity contribution in [2.75, 3.05) is 6.61 Å². The van der Waals surface area contributed by atoms with Gasteiger partial charge in [0, 0.05) is 24.1 Å². The molecule has 4 nitrogen and oxygen atoms in total. The van der Waals surface area contributed by atoms with Gasteiger partial charge in [-0.3, -0.25) is 0 Å². The average Bonchev–Trinajstić information content (AvgIpc) is 2.57. The van der Waals surface area contributed by atoms with E-state index < -0.39 is 0 Å². The third-order valence-corrected chi connectivity index (χ3v) is 2.46. The van der Waals surface area contributed by atoms with E-state index in [2.05, 4.69) is 31.2 Å². The summed E-state index contributed by atoms with van der Waals surface area (Å²) in [6.07, 6.45) is 0.845. The van der Waals surface area contributed by atoms with Gasteiger partial charge in [-0.05, 0) is 20.8 Å². The van der Waals surface area contributed by atoms with Crippen LogP contribution in [-0.4, -0.2) is 17.3 Å². The van der Waals surface area contributed by atoms with Gasteiger partial charge >= 0.3 is 0 Å². The molecule has 0 bridgehead atoms. The van der Waals surface area contributed by atoms with Crippen LogP contribution in [0.25, 0.3) is 0 Å². The lowest BCUT2D eigenvalue weighted by atomic mass is 10.1. The van der Waals surface area contributed by atoms with E-state index in [1.165, 1.54) is 0 Å². The van der Waals surface area contributed by atoms with Gasteiger partial charge in [-0.1, -0.05) is 5.16 Å². The second kappa shape index (κ2) is 3.94. The van der Waals surface area contributed by atoms with Gasteiger partial charge in [0.2, 0.25) is 0 Å². The van der Waals surface area contributed by atoms with E-state index in [-0.39, 0.29) is 5.54 Å². The van der Waals surface area contributed by atoms with Gasteiger partial charge in [-0.25, -0.2) is 0 Å². The lowest BCUT2D eigenvalue weighted by Gasteiger charge is -2.20. The SMILES string of the molecule is CC(C)(C)NCc1noc2c1COCC2. The highest BCUT2D eigenvalue weighted by Gasteiger charge is 2.20. The fraction of sp³-hybridized carbons (Fsp3) is 0.727. The molecule has 0 atom stereocenters. The maximum Gasteiger partial charge on any atom is 0.144 e. The molecule has 0 saturated heterocycles. The standard InChI is InChI=1S/C11H18N2O2/c1-11(2,3)12-6-9-8-7-14-5-4-10(8)15-13-9/h12H,4-7H2,1-3H3. The summed E-state index contributed by atoms with van der Waals surface area (Å²) in [4.78, 5) is 0. The largest absolute Gasteiger partial charge is 0.376 e. The second-order valence-electron chi connectivity index (χ2n) is 4.94. The highest BCUT2D eigenvalue weighted by Crippen LogP contribution is 2.20. The smallest absolute Gasteiger partial charge is 0.144 e. The van der Waals surface area contributed by atoms with Crippen LogP contribution in [0, 0.1) is 0 Å². The van der Waals surface area contributed by atoms with E-state index in [1.54, 1.807) is 0 Å². The Hall–Kier alpha value is -0.870. The number of nitrogens with zero attached hydrogens (tertiary/aromatic N) is 1. The number of nitrogens with one attached hydrogen (secondary N) is 1. The molecule has 0 saturated carbocycles. The summed E-state index contributed by atoms with van der Waals surface area (Å²) in [7, 11) is 0. The number of ether oxygens (including phenoxy) is 1. The van der Waals surface area contributed by atoms with Gasteiger partial charge < -0.3 is 14.6 Å². The lowest BCUT2D eigenvalue weighted by Crippen LogP contribution is -2.35. The van der Waals surface area contributed by atoms with Crippen LogP contribution in [0.1, 0.15) is 37.8 Å². The summed E-state index contributed by atoms with van der Waals surface area (Å²) < 4.78 is 10.7. The van der Waals surface area contributed by atoms with Crippen molar-refractivity contribution in [1.29, 1.82) is 0 Å². The van der Waals surface area contributed by atoms with E-state index >= 15 is 0 Å². The minimum Gasteiger partial charge on any atom is -0.376 e. The molecule has 0 spiro atoms. The zero-order valence-electron chi connectivity index (χ0n) is 9.59. The molecule has 1 aliphatic rings. The molecule has 1 aromatic rings. The molecular weight excluding hydrogens is 192 g/mol. The lowest BCUT2D eigenvalue weighted by molar-refractivity contribution is 0.102. The van der Waals surface area contributed by atoms with Gasteiger partial charge in [0.15, 0.2) is 0 Å². The summed E-state index contributed by atoms with van der Waals surface area (Å²) in [5.41, 5.74) is 2.22. The van der Waals surface area contributed by atoms with Gasteiger partial charge in [0.1, 0.15) is 11.5 Å². The Balaban J connectivity index is 2.06. The predicted octanol–water partition coefficient (Wildman–Crippen LogP) is 1.64. The molecule has 1 aromatic heterocycles. The van der Waals surface area contributed by atoms with E-state index in [0.29, 0.717) is 6.61 Å². The molecule has 2 heterocycles. The number of hydrogen-bond acceptors (Lipinski definition) is 4.